The average molecular weight is 321 g/mol. The first-order valence-corrected chi connectivity index (χ1v) is 9.36. The van der Waals surface area contributed by atoms with Crippen molar-refractivity contribution in [2.24, 2.45) is 0 Å². The molecule has 0 aromatic heterocycles. The van der Waals surface area contributed by atoms with Crippen molar-refractivity contribution in [2.75, 3.05) is 13.2 Å². The highest BCUT2D eigenvalue weighted by Gasteiger charge is 2.19. The fraction of sp³-hybridized carbons (Fsp3) is 0.500. The molecule has 0 aromatic rings. The maximum atomic E-state index is 8.67. The zero-order chi connectivity index (χ0) is 12.6. The van der Waals surface area contributed by atoms with Crippen molar-refractivity contribution in [2.45, 2.75) is 25.7 Å². The molecule has 6 heteroatoms. The second kappa shape index (κ2) is 8.53. The molecule has 100 valence electrons. The van der Waals surface area contributed by atoms with Gasteiger partial charge in [-0.05, 0) is 41.8 Å². The van der Waals surface area contributed by atoms with E-state index in [4.69, 9.17) is 9.84 Å². The summed E-state index contributed by atoms with van der Waals surface area (Å²) in [7, 11) is 0. The van der Waals surface area contributed by atoms with E-state index in [1.807, 2.05) is 0 Å². The molecule has 0 amide bonds. The second-order valence-corrected chi connectivity index (χ2v) is 7.97. The van der Waals surface area contributed by atoms with E-state index in [1.54, 1.807) is 47.0 Å². The van der Waals surface area contributed by atoms with Gasteiger partial charge in [0.2, 0.25) is 0 Å². The number of rotatable bonds is 7. The summed E-state index contributed by atoms with van der Waals surface area (Å²) in [6, 6.07) is 0. The minimum Gasteiger partial charge on any atom is -0.486 e. The first kappa shape index (κ1) is 14.8. The van der Waals surface area contributed by atoms with Gasteiger partial charge >= 0.3 is 0 Å². The van der Waals surface area contributed by atoms with Gasteiger partial charge in [-0.2, -0.15) is 0 Å². The van der Waals surface area contributed by atoms with E-state index in [1.165, 1.54) is 8.47 Å². The van der Waals surface area contributed by atoms with Crippen LogP contribution in [0.25, 0.3) is 0 Å². The van der Waals surface area contributed by atoms with Gasteiger partial charge in [0, 0.05) is 12.0 Å². The number of hydrogen-bond acceptors (Lipinski definition) is 6. The first-order chi connectivity index (χ1) is 8.90. The van der Waals surface area contributed by atoms with Crippen LogP contribution in [0.1, 0.15) is 25.7 Å². The van der Waals surface area contributed by atoms with E-state index >= 15 is 0 Å². The van der Waals surface area contributed by atoms with Gasteiger partial charge < -0.3 is 9.84 Å². The molecular weight excluding hydrogens is 304 g/mol. The molecule has 0 fully saturated rings. The molecule has 0 saturated heterocycles. The Morgan fingerprint density at radius 3 is 2.50 bits per heavy atom. The van der Waals surface area contributed by atoms with Gasteiger partial charge in [0.15, 0.2) is 5.09 Å². The highest BCUT2D eigenvalue weighted by Crippen LogP contribution is 2.53. The molecule has 0 atom stereocenters. The Kier molecular flexibility index (Phi) is 7.01. The van der Waals surface area contributed by atoms with Crippen LogP contribution in [-0.4, -0.2) is 18.3 Å². The highest BCUT2D eigenvalue weighted by molar-refractivity contribution is 8.33. The predicted molar refractivity (Wildman–Crippen MR) is 86.1 cm³/mol. The summed E-state index contributed by atoms with van der Waals surface area (Å²) in [5.41, 5.74) is 0. The molecule has 0 bridgehead atoms. The fourth-order valence-corrected chi connectivity index (χ4v) is 5.69. The summed E-state index contributed by atoms with van der Waals surface area (Å²) in [5, 5.41) is 16.0. The topological polar surface area (TPSA) is 29.5 Å². The summed E-state index contributed by atoms with van der Waals surface area (Å²) < 4.78 is 8.44. The second-order valence-electron chi connectivity index (χ2n) is 3.73. The van der Waals surface area contributed by atoms with Crippen LogP contribution < -0.4 is 0 Å². The average Bonchev–Trinajstić information content (AvgIpc) is 3.03. The van der Waals surface area contributed by atoms with Gasteiger partial charge in [-0.15, -0.1) is 0 Å². The maximum Gasteiger partial charge on any atom is 0.165 e. The molecule has 0 spiro atoms. The molecule has 18 heavy (non-hydrogen) atoms. The lowest BCUT2D eigenvalue weighted by atomic mass is 10.2. The fourth-order valence-electron chi connectivity index (χ4n) is 1.44. The third-order valence-electron chi connectivity index (χ3n) is 2.32. The minimum atomic E-state index is 0.304. The van der Waals surface area contributed by atoms with Crippen LogP contribution in [0.5, 0.6) is 0 Å². The third kappa shape index (κ3) is 4.81. The Morgan fingerprint density at radius 2 is 1.72 bits per heavy atom. The molecule has 2 aliphatic rings. The van der Waals surface area contributed by atoms with Crippen molar-refractivity contribution in [1.29, 1.82) is 0 Å². The molecule has 2 rings (SSSR count). The largest absolute Gasteiger partial charge is 0.486 e. The van der Waals surface area contributed by atoms with Crippen molar-refractivity contribution >= 4 is 47.0 Å². The van der Waals surface area contributed by atoms with Crippen LogP contribution in [0, 0.1) is 0 Å². The van der Waals surface area contributed by atoms with E-state index < -0.39 is 0 Å². The predicted octanol–water partition coefficient (Wildman–Crippen LogP) is 4.91. The lowest BCUT2D eigenvalue weighted by Crippen LogP contribution is -1.92. The SMILES string of the molecule is OCCCCCCOC1=CSC(=C2SC=CS2)S1. The number of hydrogen-bond donors (Lipinski definition) is 1. The van der Waals surface area contributed by atoms with Crippen LogP contribution >= 0.6 is 47.0 Å². The zero-order valence-corrected chi connectivity index (χ0v) is 13.2. The Balaban J connectivity index is 1.60. The van der Waals surface area contributed by atoms with Crippen LogP contribution in [-0.2, 0) is 4.74 Å². The number of aliphatic hydroxyl groups excluding tert-OH is 1. The normalized spacial score (nSPS) is 18.6. The summed E-state index contributed by atoms with van der Waals surface area (Å²) in [6.45, 7) is 1.09. The van der Waals surface area contributed by atoms with Crippen molar-refractivity contribution < 1.29 is 9.84 Å². The van der Waals surface area contributed by atoms with Gasteiger partial charge in [-0.3, -0.25) is 0 Å². The Morgan fingerprint density at radius 1 is 0.944 bits per heavy atom. The minimum absolute atomic E-state index is 0.304. The van der Waals surface area contributed by atoms with Crippen molar-refractivity contribution in [1.82, 2.24) is 0 Å². The first-order valence-electron chi connectivity index (χ1n) is 5.91. The Bertz CT molecular complexity index is 353. The van der Waals surface area contributed by atoms with Crippen LogP contribution in [0.4, 0.5) is 0 Å². The number of aliphatic hydroxyl groups is 1. The van der Waals surface area contributed by atoms with Gasteiger partial charge in [0.1, 0.15) is 0 Å². The van der Waals surface area contributed by atoms with Gasteiger partial charge in [0.05, 0.1) is 15.1 Å². The van der Waals surface area contributed by atoms with Crippen LogP contribution in [0.3, 0.4) is 0 Å². The van der Waals surface area contributed by atoms with Crippen molar-refractivity contribution in [3.63, 3.8) is 0 Å². The monoisotopic (exact) mass is 320 g/mol. The molecule has 2 heterocycles. The molecule has 0 aromatic carbocycles. The zero-order valence-electron chi connectivity index (χ0n) is 9.96. The van der Waals surface area contributed by atoms with E-state index in [0.717, 1.165) is 37.4 Å². The molecule has 0 aliphatic carbocycles. The Hall–Kier alpha value is 0.380. The quantitative estimate of drug-likeness (QED) is 0.670. The molecule has 0 unspecified atom stereocenters. The molecule has 0 saturated carbocycles. The number of thioether (sulfide) groups is 4. The summed E-state index contributed by atoms with van der Waals surface area (Å²) >= 11 is 7.07. The molecule has 0 radical (unpaired) electrons. The highest BCUT2D eigenvalue weighted by atomic mass is 32.2. The van der Waals surface area contributed by atoms with Crippen molar-refractivity contribution in [3.05, 3.63) is 29.8 Å². The Labute approximate surface area is 125 Å². The number of ether oxygens (including phenoxy) is 1. The summed E-state index contributed by atoms with van der Waals surface area (Å²) in [4.78, 5) is 0. The van der Waals surface area contributed by atoms with Gasteiger partial charge in [0.25, 0.3) is 0 Å². The van der Waals surface area contributed by atoms with Gasteiger partial charge in [-0.1, -0.05) is 41.7 Å². The smallest absolute Gasteiger partial charge is 0.165 e. The lowest BCUT2D eigenvalue weighted by Gasteiger charge is -2.06. The van der Waals surface area contributed by atoms with E-state index in [9.17, 15) is 0 Å². The summed E-state index contributed by atoms with van der Waals surface area (Å²) in [6.07, 6.45) is 4.20. The summed E-state index contributed by atoms with van der Waals surface area (Å²) in [5.74, 6) is 0. The maximum absolute atomic E-state index is 8.67. The molecular formula is C12H16O2S4. The van der Waals surface area contributed by atoms with Crippen LogP contribution in [0.15, 0.2) is 29.8 Å². The van der Waals surface area contributed by atoms with Crippen molar-refractivity contribution in [3.8, 4) is 0 Å². The third-order valence-corrected chi connectivity index (χ3v) is 7.24. The van der Waals surface area contributed by atoms with E-state index in [2.05, 4.69) is 16.2 Å². The lowest BCUT2D eigenvalue weighted by molar-refractivity contribution is 0.228. The molecule has 1 N–H and O–H groups in total. The van der Waals surface area contributed by atoms with E-state index in [0.29, 0.717) is 6.61 Å². The molecule has 2 nitrogen and oxygen atoms in total. The van der Waals surface area contributed by atoms with E-state index in [-0.39, 0.29) is 0 Å². The number of unbranched alkanes of at least 4 members (excludes halogenated alkanes) is 3. The van der Waals surface area contributed by atoms with Gasteiger partial charge in [-0.25, -0.2) is 0 Å². The standard InChI is InChI=1S/C12H16O2S4/c13-5-3-1-2-4-6-14-10-9-17-12(18-10)11-15-7-8-16-11/h7-9,13H,1-6H2. The van der Waals surface area contributed by atoms with Crippen LogP contribution in [0.2, 0.25) is 0 Å². The molecule has 2 aliphatic heterocycles.